The van der Waals surface area contributed by atoms with Crippen LogP contribution in [0.4, 0.5) is 45.5 Å². The SMILES string of the molecule is CC(C)(C)c1ccc(N2c3cc4c(cc3B3c5ccc(-c6ccccc6)cc5N(c5cccc(-c6ccccc6)c5)c5cc(N6c7ccc(-c8ccccc8)cc7C7(C)CCCCC67C)cc2c53)C(C)(C)CCC4(C)C)c(-c2ccccc2)c1. The molecule has 84 heavy (non-hydrogen) atoms. The van der Waals surface area contributed by atoms with Crippen LogP contribution >= 0.6 is 0 Å². The number of rotatable bonds is 7. The Balaban J connectivity index is 1.09. The first-order chi connectivity index (χ1) is 40.5. The first-order valence-corrected chi connectivity index (χ1v) is 31.0. The highest BCUT2D eigenvalue weighted by Gasteiger charge is 2.58. The van der Waals surface area contributed by atoms with Gasteiger partial charge in [0.1, 0.15) is 0 Å². The molecular weight excluding hydrogens is 1010 g/mol. The van der Waals surface area contributed by atoms with Crippen molar-refractivity contribution in [3.8, 4) is 44.5 Å². The highest BCUT2D eigenvalue weighted by atomic mass is 15.3. The molecule has 4 heteroatoms. The predicted molar refractivity (Wildman–Crippen MR) is 359 cm³/mol. The van der Waals surface area contributed by atoms with Gasteiger partial charge in [-0.05, 0) is 187 Å². The van der Waals surface area contributed by atoms with Crippen molar-refractivity contribution >= 4 is 68.6 Å². The minimum Gasteiger partial charge on any atom is -0.334 e. The Morgan fingerprint density at radius 2 is 0.881 bits per heavy atom. The quantitative estimate of drug-likeness (QED) is 0.147. The van der Waals surface area contributed by atoms with Gasteiger partial charge in [0.05, 0.1) is 11.2 Å². The van der Waals surface area contributed by atoms with Crippen molar-refractivity contribution in [2.24, 2.45) is 0 Å². The Morgan fingerprint density at radius 3 is 1.51 bits per heavy atom. The number of fused-ring (bicyclic) bond motifs is 8. The third kappa shape index (κ3) is 8.06. The van der Waals surface area contributed by atoms with Crippen molar-refractivity contribution in [3.05, 3.63) is 247 Å². The highest BCUT2D eigenvalue weighted by Crippen LogP contribution is 2.63. The second-order valence-electron chi connectivity index (χ2n) is 27.9. The molecule has 0 radical (unpaired) electrons. The summed E-state index contributed by atoms with van der Waals surface area (Å²) in [6, 6.07) is 86.5. The van der Waals surface area contributed by atoms with Crippen LogP contribution in [0.2, 0.25) is 0 Å². The normalized spacial score (nSPS) is 19.6. The predicted octanol–water partition coefficient (Wildman–Crippen LogP) is 19.8. The smallest absolute Gasteiger partial charge is 0.252 e. The largest absolute Gasteiger partial charge is 0.334 e. The Kier molecular flexibility index (Phi) is 11.9. The average molecular weight is 1090 g/mol. The van der Waals surface area contributed by atoms with Gasteiger partial charge in [-0.25, -0.2) is 0 Å². The summed E-state index contributed by atoms with van der Waals surface area (Å²) < 4.78 is 0. The molecule has 414 valence electrons. The third-order valence-corrected chi connectivity index (χ3v) is 21.0. The van der Waals surface area contributed by atoms with E-state index in [1.165, 1.54) is 136 Å². The molecule has 0 aromatic heterocycles. The molecule has 3 aliphatic heterocycles. The van der Waals surface area contributed by atoms with Gasteiger partial charge in [-0.2, -0.15) is 0 Å². The molecule has 0 saturated heterocycles. The van der Waals surface area contributed by atoms with E-state index in [-0.39, 0.29) is 33.9 Å². The van der Waals surface area contributed by atoms with Crippen molar-refractivity contribution < 1.29 is 0 Å². The van der Waals surface area contributed by atoms with Crippen LogP contribution in [0.25, 0.3) is 44.5 Å². The van der Waals surface area contributed by atoms with E-state index in [4.69, 9.17) is 0 Å². The van der Waals surface area contributed by atoms with Crippen molar-refractivity contribution in [3.63, 3.8) is 0 Å². The summed E-state index contributed by atoms with van der Waals surface area (Å²) in [5.74, 6) is 0. The summed E-state index contributed by atoms with van der Waals surface area (Å²) in [4.78, 5) is 8.25. The highest BCUT2D eigenvalue weighted by molar-refractivity contribution is 7.00. The fraction of sp³-hybridized carbons (Fsp3) is 0.250. The van der Waals surface area contributed by atoms with Crippen LogP contribution in [-0.2, 0) is 21.7 Å². The molecule has 10 aromatic rings. The number of anilines is 8. The summed E-state index contributed by atoms with van der Waals surface area (Å²) in [7, 11) is 0. The van der Waals surface area contributed by atoms with E-state index in [0.29, 0.717) is 0 Å². The fourth-order valence-electron chi connectivity index (χ4n) is 16.0. The lowest BCUT2D eigenvalue weighted by atomic mass is 9.33. The van der Waals surface area contributed by atoms with Gasteiger partial charge in [-0.1, -0.05) is 232 Å². The maximum absolute atomic E-state index is 2.84. The van der Waals surface area contributed by atoms with Gasteiger partial charge in [0.25, 0.3) is 6.71 Å². The van der Waals surface area contributed by atoms with Crippen LogP contribution in [0.3, 0.4) is 0 Å². The van der Waals surface area contributed by atoms with E-state index in [2.05, 4.69) is 301 Å². The molecule has 15 rings (SSSR count). The van der Waals surface area contributed by atoms with E-state index >= 15 is 0 Å². The number of nitrogens with zero attached hydrogens (tertiary/aromatic N) is 3. The molecule has 1 saturated carbocycles. The van der Waals surface area contributed by atoms with Crippen LogP contribution in [0.1, 0.15) is 123 Å². The van der Waals surface area contributed by atoms with Crippen molar-refractivity contribution in [1.29, 1.82) is 0 Å². The zero-order valence-electron chi connectivity index (χ0n) is 50.5. The summed E-state index contributed by atoms with van der Waals surface area (Å²) in [6.07, 6.45) is 6.91. The number of hydrogen-bond acceptors (Lipinski definition) is 3. The lowest BCUT2D eigenvalue weighted by Gasteiger charge is -2.51. The molecule has 2 aliphatic carbocycles. The summed E-state index contributed by atoms with van der Waals surface area (Å²) in [5, 5.41) is 0. The first kappa shape index (κ1) is 52.5. The topological polar surface area (TPSA) is 9.72 Å². The Bertz CT molecular complexity index is 4230. The van der Waals surface area contributed by atoms with Gasteiger partial charge in [-0.3, -0.25) is 0 Å². The van der Waals surface area contributed by atoms with Crippen LogP contribution < -0.4 is 31.1 Å². The molecule has 10 aromatic carbocycles. The standard InChI is InChI=1S/C80H76BN3/c1-76(2,3)60-37-40-69(63(48-60)56-31-20-13-21-32-56)83-72-52-65-64(77(4,5)43-44-78(65,6)7)51-68(72)81-67-38-35-59(55-29-18-12-19-30-55)47-71(67)82(61-34-24-33-57(45-61)53-25-14-10-15-26-53)73-49-62(50-74(83)75(73)81)84-70-39-36-58(54-27-16-11-17-28-54)46-66(70)79(8)41-22-23-42-80(79,84)9/h10-21,24-40,45-52H,22-23,41-44H2,1-9H3. The minimum absolute atomic E-state index is 0.00851. The van der Waals surface area contributed by atoms with Gasteiger partial charge in [0.15, 0.2) is 0 Å². The van der Waals surface area contributed by atoms with E-state index < -0.39 is 0 Å². The Morgan fingerprint density at radius 1 is 0.357 bits per heavy atom. The van der Waals surface area contributed by atoms with Crippen LogP contribution in [0, 0.1) is 0 Å². The summed E-state index contributed by atoms with van der Waals surface area (Å²) in [6.45, 7) is 22.2. The molecule has 0 spiro atoms. The van der Waals surface area contributed by atoms with Gasteiger partial charge >= 0.3 is 0 Å². The molecule has 0 N–H and O–H groups in total. The monoisotopic (exact) mass is 1090 g/mol. The van der Waals surface area contributed by atoms with E-state index in [1.54, 1.807) is 0 Å². The Labute approximate surface area is 499 Å². The van der Waals surface area contributed by atoms with Crippen molar-refractivity contribution in [2.45, 2.75) is 128 Å². The molecule has 3 nitrogen and oxygen atoms in total. The maximum Gasteiger partial charge on any atom is 0.252 e. The van der Waals surface area contributed by atoms with Crippen molar-refractivity contribution in [1.82, 2.24) is 0 Å². The van der Waals surface area contributed by atoms with Crippen LogP contribution in [0.15, 0.2) is 224 Å². The van der Waals surface area contributed by atoms with Crippen molar-refractivity contribution in [2.75, 3.05) is 14.7 Å². The zero-order chi connectivity index (χ0) is 57.5. The minimum atomic E-state index is -0.218. The van der Waals surface area contributed by atoms with Gasteiger partial charge in [0.2, 0.25) is 0 Å². The molecule has 3 heterocycles. The second kappa shape index (κ2) is 19.1. The van der Waals surface area contributed by atoms with E-state index in [0.717, 1.165) is 31.4 Å². The molecule has 1 fully saturated rings. The van der Waals surface area contributed by atoms with Gasteiger partial charge in [-0.15, -0.1) is 0 Å². The van der Waals surface area contributed by atoms with E-state index in [1.807, 2.05) is 0 Å². The summed E-state index contributed by atoms with van der Waals surface area (Å²) in [5.41, 5.74) is 29.1. The number of hydrogen-bond donors (Lipinski definition) is 0. The average Bonchev–Trinajstić information content (AvgIpc) is 1.26. The third-order valence-electron chi connectivity index (χ3n) is 21.0. The van der Waals surface area contributed by atoms with E-state index in [9.17, 15) is 0 Å². The Hall–Kier alpha value is -8.34. The number of benzene rings is 10. The van der Waals surface area contributed by atoms with Crippen LogP contribution in [-0.4, -0.2) is 12.3 Å². The zero-order valence-corrected chi connectivity index (χ0v) is 50.5. The van der Waals surface area contributed by atoms with Gasteiger partial charge in [0, 0.05) is 50.8 Å². The first-order valence-electron chi connectivity index (χ1n) is 31.0. The molecule has 0 bridgehead atoms. The fourth-order valence-corrected chi connectivity index (χ4v) is 16.0. The second-order valence-corrected chi connectivity index (χ2v) is 27.9. The lowest BCUT2D eigenvalue weighted by Crippen LogP contribution is -2.62. The maximum atomic E-state index is 2.84. The molecule has 2 unspecified atom stereocenters. The summed E-state index contributed by atoms with van der Waals surface area (Å²) >= 11 is 0. The molecule has 0 amide bonds. The molecule has 5 aliphatic rings. The molecule has 2 atom stereocenters. The lowest BCUT2D eigenvalue weighted by molar-refractivity contribution is 0.195. The van der Waals surface area contributed by atoms with Crippen LogP contribution in [0.5, 0.6) is 0 Å². The molecular formula is C80H76BN3. The van der Waals surface area contributed by atoms with Gasteiger partial charge < -0.3 is 14.7 Å².